The van der Waals surface area contributed by atoms with Crippen LogP contribution in [0.25, 0.3) is 0 Å². The molecule has 0 radical (unpaired) electrons. The molecule has 2 aromatic rings. The lowest BCUT2D eigenvalue weighted by Gasteiger charge is -2.48. The number of methoxy groups -OCH3 is 3. The molecule has 2 aromatic carbocycles. The first-order valence-electron chi connectivity index (χ1n) is 17.7. The van der Waals surface area contributed by atoms with Crippen LogP contribution in [-0.2, 0) is 65.7 Å². The second kappa shape index (κ2) is 20.1. The Morgan fingerprint density at radius 1 is 0.591 bits per heavy atom. The van der Waals surface area contributed by atoms with Crippen LogP contribution in [0.5, 0.6) is 28.7 Å². The summed E-state index contributed by atoms with van der Waals surface area (Å²) in [6.07, 6.45) is -18.6. The van der Waals surface area contributed by atoms with Crippen molar-refractivity contribution in [3.05, 3.63) is 40.5 Å². The Bertz CT molecular complexity index is 2210. The van der Waals surface area contributed by atoms with Gasteiger partial charge in [0, 0.05) is 17.7 Å². The predicted molar refractivity (Wildman–Crippen MR) is 207 cm³/mol. The van der Waals surface area contributed by atoms with Gasteiger partial charge in [-0.1, -0.05) is 6.07 Å². The Labute approximate surface area is 369 Å². The third-order valence-electron chi connectivity index (χ3n) is 9.56. The number of ether oxygens (including phenoxy) is 6. The van der Waals surface area contributed by atoms with Gasteiger partial charge in [0.2, 0.25) is 12.5 Å². The molecule has 2 atom stereocenters. The number of hydrogen-bond donors (Lipinski definition) is 12. The smallest absolute Gasteiger partial charge is 0.470 e. The molecule has 4 aliphatic rings. The van der Waals surface area contributed by atoms with Crippen LogP contribution in [0.15, 0.2) is 18.2 Å². The number of benzene rings is 2. The number of fused-ring (bicyclic) bond motifs is 3. The summed E-state index contributed by atoms with van der Waals surface area (Å²) in [6.45, 7) is 0.963. The maximum atomic E-state index is 12.9. The van der Waals surface area contributed by atoms with Gasteiger partial charge in [0.1, 0.15) is 48.3 Å². The zero-order valence-corrected chi connectivity index (χ0v) is 39.1. The summed E-state index contributed by atoms with van der Waals surface area (Å²) < 4.78 is 127. The zero-order valence-electron chi connectivity index (χ0n) is 33.7. The lowest BCUT2D eigenvalue weighted by atomic mass is 9.85. The number of carbonyl (C=O) groups excluding carboxylic acids is 1. The van der Waals surface area contributed by atoms with Crippen LogP contribution >= 0.6 is 46.9 Å². The molecule has 0 amide bonds. The summed E-state index contributed by atoms with van der Waals surface area (Å²) in [5.41, 5.74) is 3.23. The third kappa shape index (κ3) is 13.4. The Morgan fingerprint density at radius 2 is 1.00 bits per heavy atom. The molecule has 12 N–H and O–H groups in total. The summed E-state index contributed by atoms with van der Waals surface area (Å²) in [6, 6.07) is 5.43. The second-order valence-corrected chi connectivity index (χ2v) is 21.0. The fraction of sp³-hybridized carbons (Fsp3) is 0.536. The van der Waals surface area contributed by atoms with E-state index in [-0.39, 0.29) is 12.8 Å². The van der Waals surface area contributed by atoms with Gasteiger partial charge in [0.05, 0.1) is 27.4 Å². The van der Waals surface area contributed by atoms with Crippen LogP contribution in [0, 0.1) is 0 Å². The van der Waals surface area contributed by atoms with Crippen LogP contribution < -0.4 is 23.7 Å². The molecule has 0 bridgehead atoms. The molecule has 6 rings (SSSR count). The van der Waals surface area contributed by atoms with Gasteiger partial charge in [-0.3, -0.25) is 32.0 Å². The van der Waals surface area contributed by atoms with E-state index in [0.29, 0.717) is 34.3 Å². The van der Waals surface area contributed by atoms with Crippen LogP contribution in [0.4, 0.5) is 0 Å². The normalized spacial score (nSPS) is 25.8. The number of esters is 1. The van der Waals surface area contributed by atoms with Crippen LogP contribution in [-0.4, -0.2) is 148 Å². The first kappa shape index (κ1) is 54.5. The summed E-state index contributed by atoms with van der Waals surface area (Å²) in [5, 5.41) is 0. The number of carbonyl (C=O) groups is 1. The summed E-state index contributed by atoms with van der Waals surface area (Å²) >= 11 is 0. The quantitative estimate of drug-likeness (QED) is 0.0761. The Hall–Kier alpha value is -2.47. The molecule has 38 heteroatoms. The van der Waals surface area contributed by atoms with E-state index in [1.807, 2.05) is 19.2 Å². The van der Waals surface area contributed by atoms with E-state index in [1.54, 1.807) is 20.3 Å². The number of cyclic esters (lactones) is 1. The number of phosphoric acid groups is 6. The van der Waals surface area contributed by atoms with Crippen molar-refractivity contribution < 1.29 is 146 Å². The Morgan fingerprint density at radius 3 is 1.36 bits per heavy atom. The molecule has 66 heavy (non-hydrogen) atoms. The number of likely N-dealkylation sites (N-methyl/N-ethyl adjacent to an activating group) is 1. The highest BCUT2D eigenvalue weighted by molar-refractivity contribution is 7.47. The molecular formula is C28H41NO31P6. The zero-order chi connectivity index (χ0) is 49.7. The molecule has 1 saturated carbocycles. The van der Waals surface area contributed by atoms with Crippen molar-refractivity contribution >= 4 is 52.9 Å². The van der Waals surface area contributed by atoms with E-state index >= 15 is 0 Å². The number of rotatable bonds is 16. The standard InChI is InChI=1S/C22H23NO7.C6H18O24P6/c1-23-8-7-11-9-14-20(29-10-28-14)21(27-4)15(11)17(23)18-12-5-6-13(25-2)19(26-3)16(12)22(24)30-18;7-31(8,9)25-1-2(26-32(10,11)12)4(28-34(16,17)18)6(30-36(22,23)24)5(29-35(19,20)21)3(1)27-33(13,14)15/h5-6,9,17-18H,7-8,10H2,1-4H3;1-6H,(H2,7,8,9)(H2,10,11,12)(H2,13,14,15)(H2,16,17,18)(H2,19,20,21)(H2,22,23,24)/t17-,18+;1-,2-,3-,4+,5-,6-/m1./s1. The average molecular weight is 1070 g/mol. The van der Waals surface area contributed by atoms with Gasteiger partial charge >= 0.3 is 52.9 Å². The number of phosphoric ester groups is 6. The summed E-state index contributed by atoms with van der Waals surface area (Å²) in [5.74, 6) is 2.36. The topological polar surface area (TPSA) is 476 Å². The van der Waals surface area contributed by atoms with Crippen LogP contribution in [0.1, 0.15) is 39.2 Å². The highest BCUT2D eigenvalue weighted by Crippen LogP contribution is 2.58. The maximum absolute atomic E-state index is 12.9. The van der Waals surface area contributed by atoms with E-state index < -0.39 is 95.6 Å². The summed E-state index contributed by atoms with van der Waals surface area (Å²) in [4.78, 5) is 125. The first-order chi connectivity index (χ1) is 30.2. The molecule has 3 aliphatic heterocycles. The molecular weight excluding hydrogens is 1030 g/mol. The highest BCUT2D eigenvalue weighted by atomic mass is 31.2. The van der Waals surface area contributed by atoms with Gasteiger partial charge in [-0.2, -0.15) is 0 Å². The lowest BCUT2D eigenvalue weighted by molar-refractivity contribution is -0.202. The van der Waals surface area contributed by atoms with Crippen LogP contribution in [0.2, 0.25) is 0 Å². The van der Waals surface area contributed by atoms with E-state index in [1.165, 1.54) is 7.11 Å². The van der Waals surface area contributed by atoms with Crippen molar-refractivity contribution in [2.24, 2.45) is 0 Å². The largest absolute Gasteiger partial charge is 0.493 e. The molecule has 3 heterocycles. The van der Waals surface area contributed by atoms with Crippen molar-refractivity contribution in [1.29, 1.82) is 0 Å². The SMILES string of the molecule is COc1ccc2c(c1OC)C(=O)O[C@@H]2[C@H]1c2c(cc3c(c2OC)OCO3)CCN1C.O=P(O)(O)O[C@H]1[C@H](OP(=O)(O)O)[C@@H](OP(=O)(O)O)[C@H](OP(=O)(O)O)[C@@H](OP(=O)(O)O)[C@H]1OP(=O)(O)O. The highest BCUT2D eigenvalue weighted by Gasteiger charge is 2.63. The van der Waals surface area contributed by atoms with E-state index in [0.717, 1.165) is 29.7 Å². The fourth-order valence-electron chi connectivity index (χ4n) is 7.50. The van der Waals surface area contributed by atoms with Crippen molar-refractivity contribution in [1.82, 2.24) is 4.90 Å². The third-order valence-corrected chi connectivity index (χ3v) is 12.7. The van der Waals surface area contributed by atoms with Gasteiger partial charge < -0.3 is 87.1 Å². The minimum atomic E-state index is -6.02. The monoisotopic (exact) mass is 1070 g/mol. The molecule has 1 fully saturated rings. The number of hydrogen-bond acceptors (Lipinski definition) is 20. The van der Waals surface area contributed by atoms with Crippen molar-refractivity contribution in [3.63, 3.8) is 0 Å². The molecule has 0 unspecified atom stereocenters. The predicted octanol–water partition coefficient (Wildman–Crippen LogP) is -0.251. The van der Waals surface area contributed by atoms with Crippen molar-refractivity contribution in [3.8, 4) is 28.7 Å². The molecule has 0 saturated heterocycles. The van der Waals surface area contributed by atoms with Crippen molar-refractivity contribution in [2.75, 3.05) is 41.7 Å². The van der Waals surface area contributed by atoms with Crippen molar-refractivity contribution in [2.45, 2.75) is 55.2 Å². The van der Waals surface area contributed by atoms with E-state index in [4.69, 9.17) is 87.1 Å². The minimum absolute atomic E-state index is 0.160. The Kier molecular flexibility index (Phi) is 16.6. The second-order valence-electron chi connectivity index (χ2n) is 13.8. The molecule has 374 valence electrons. The lowest BCUT2D eigenvalue weighted by Crippen LogP contribution is -2.66. The molecule has 0 aromatic heterocycles. The molecule has 32 nitrogen and oxygen atoms in total. The Balaban J connectivity index is 0.000000250. The van der Waals surface area contributed by atoms with Gasteiger partial charge in [0.25, 0.3) is 0 Å². The number of nitrogens with zero attached hydrogens (tertiary/aromatic N) is 1. The van der Waals surface area contributed by atoms with E-state index in [2.05, 4.69) is 32.0 Å². The minimum Gasteiger partial charge on any atom is -0.493 e. The van der Waals surface area contributed by atoms with E-state index in [9.17, 15) is 32.2 Å². The van der Waals surface area contributed by atoms with Crippen LogP contribution in [0.3, 0.4) is 0 Å². The van der Waals surface area contributed by atoms with Gasteiger partial charge in [-0.05, 0) is 31.2 Å². The molecule has 0 spiro atoms. The van der Waals surface area contributed by atoms with Gasteiger partial charge in [-0.15, -0.1) is 0 Å². The first-order valence-corrected chi connectivity index (χ1v) is 26.9. The van der Waals surface area contributed by atoms with Gasteiger partial charge in [-0.25, -0.2) is 32.2 Å². The summed E-state index contributed by atoms with van der Waals surface area (Å²) in [7, 11) is -29.4. The fourth-order valence-corrected chi connectivity index (χ4v) is 10.8. The van der Waals surface area contributed by atoms with Gasteiger partial charge in [0.15, 0.2) is 23.0 Å². The maximum Gasteiger partial charge on any atom is 0.470 e. The average Bonchev–Trinajstić information content (AvgIpc) is 3.76. The molecule has 1 aliphatic carbocycles.